The van der Waals surface area contributed by atoms with E-state index >= 15 is 0 Å². The third-order valence-electron chi connectivity index (χ3n) is 4.55. The van der Waals surface area contributed by atoms with Crippen LogP contribution < -0.4 is 5.73 Å². The Bertz CT molecular complexity index is 1200. The lowest BCUT2D eigenvalue weighted by Crippen LogP contribution is -2.10. The molecule has 2 aromatic heterocycles. The summed E-state index contributed by atoms with van der Waals surface area (Å²) < 4.78 is 1.51. The van der Waals surface area contributed by atoms with Gasteiger partial charge in [0.15, 0.2) is 5.82 Å². The van der Waals surface area contributed by atoms with Crippen LogP contribution in [0.15, 0.2) is 54.7 Å². The van der Waals surface area contributed by atoms with E-state index in [1.807, 2.05) is 32.3 Å². The number of nitrogens with two attached hydrogens (primary N) is 1. The smallest absolute Gasteiger partial charge is 0.190 e. The fourth-order valence-electron chi connectivity index (χ4n) is 3.20. The van der Waals surface area contributed by atoms with Crippen LogP contribution in [-0.2, 0) is 6.54 Å². The first kappa shape index (κ1) is 20.3. The maximum absolute atomic E-state index is 6.37. The van der Waals surface area contributed by atoms with Gasteiger partial charge in [0.1, 0.15) is 5.82 Å². The van der Waals surface area contributed by atoms with E-state index in [-0.39, 0.29) is 0 Å². The van der Waals surface area contributed by atoms with E-state index in [4.69, 9.17) is 28.9 Å². The molecule has 0 atom stereocenters. The van der Waals surface area contributed by atoms with E-state index in [1.54, 1.807) is 24.4 Å². The fourth-order valence-corrected chi connectivity index (χ4v) is 3.58. The molecule has 2 aromatic carbocycles. The van der Waals surface area contributed by atoms with Gasteiger partial charge in [-0.2, -0.15) is 4.68 Å². The summed E-state index contributed by atoms with van der Waals surface area (Å²) in [6.45, 7) is 0.842. The number of hydrogen-bond donors (Lipinski definition) is 1. The molecule has 0 spiro atoms. The number of benzene rings is 2. The van der Waals surface area contributed by atoms with Gasteiger partial charge in [0.05, 0.1) is 21.3 Å². The molecule has 2 N–H and O–H groups in total. The van der Waals surface area contributed by atoms with E-state index in [0.29, 0.717) is 32.9 Å². The summed E-state index contributed by atoms with van der Waals surface area (Å²) >= 11 is 12.5. The van der Waals surface area contributed by atoms with Gasteiger partial charge in [-0.15, -0.1) is 5.10 Å². The molecule has 4 rings (SSSR count). The number of rotatable bonds is 5. The summed E-state index contributed by atoms with van der Waals surface area (Å²) in [6.07, 6.45) is 1.74. The van der Waals surface area contributed by atoms with Gasteiger partial charge in [0.2, 0.25) is 0 Å². The van der Waals surface area contributed by atoms with Crippen molar-refractivity contribution in [3.05, 3.63) is 70.3 Å². The second-order valence-electron chi connectivity index (χ2n) is 7.08. The van der Waals surface area contributed by atoms with Gasteiger partial charge >= 0.3 is 0 Å². The average Bonchev–Trinajstić information content (AvgIpc) is 3.19. The zero-order chi connectivity index (χ0) is 21.3. The van der Waals surface area contributed by atoms with Crippen molar-refractivity contribution in [2.24, 2.45) is 0 Å². The number of halogens is 2. The summed E-state index contributed by atoms with van der Waals surface area (Å²) in [4.78, 5) is 6.50. The summed E-state index contributed by atoms with van der Waals surface area (Å²) in [5, 5.41) is 12.8. The highest BCUT2D eigenvalue weighted by Crippen LogP contribution is 2.33. The van der Waals surface area contributed by atoms with Crippen molar-refractivity contribution in [3.8, 4) is 28.2 Å². The molecule has 2 heterocycles. The van der Waals surface area contributed by atoms with Gasteiger partial charge < -0.3 is 10.6 Å². The van der Waals surface area contributed by atoms with Crippen molar-refractivity contribution >= 4 is 29.0 Å². The Balaban J connectivity index is 1.80. The first-order valence-corrected chi connectivity index (χ1v) is 9.92. The SMILES string of the molecule is CN(C)Cc1cccc(-c2cnc(N)c(-c3nnnn3-c3cccc(Cl)c3Cl)c2)c1. The molecular weight excluding hydrogens is 421 g/mol. The van der Waals surface area contributed by atoms with Crippen molar-refractivity contribution in [2.45, 2.75) is 6.54 Å². The third kappa shape index (κ3) is 4.00. The van der Waals surface area contributed by atoms with E-state index in [1.165, 1.54) is 10.2 Å². The van der Waals surface area contributed by atoms with Crippen molar-refractivity contribution < 1.29 is 0 Å². The topological polar surface area (TPSA) is 85.8 Å². The third-order valence-corrected chi connectivity index (χ3v) is 5.36. The fraction of sp³-hybridized carbons (Fsp3) is 0.143. The molecule has 0 aliphatic rings. The second kappa shape index (κ2) is 8.39. The average molecular weight is 440 g/mol. The quantitative estimate of drug-likeness (QED) is 0.497. The predicted octanol–water partition coefficient (Wildman–Crippen LogP) is 4.34. The van der Waals surface area contributed by atoms with Crippen molar-refractivity contribution in [1.82, 2.24) is 30.1 Å². The summed E-state index contributed by atoms with van der Waals surface area (Å²) in [7, 11) is 4.08. The van der Waals surface area contributed by atoms with Gasteiger partial charge in [-0.1, -0.05) is 47.5 Å². The zero-order valence-corrected chi connectivity index (χ0v) is 17.9. The Morgan fingerprint density at radius 3 is 2.63 bits per heavy atom. The van der Waals surface area contributed by atoms with Crippen LogP contribution in [-0.4, -0.2) is 44.2 Å². The molecule has 0 unspecified atom stereocenters. The van der Waals surface area contributed by atoms with Gasteiger partial charge in [-0.3, -0.25) is 0 Å². The number of anilines is 1. The van der Waals surface area contributed by atoms with Crippen molar-refractivity contribution in [2.75, 3.05) is 19.8 Å². The predicted molar refractivity (Wildman–Crippen MR) is 120 cm³/mol. The Hall–Kier alpha value is -3.00. The molecule has 0 fully saturated rings. The van der Waals surface area contributed by atoms with Gasteiger partial charge in [-0.25, -0.2) is 4.98 Å². The number of nitrogens with zero attached hydrogens (tertiary/aromatic N) is 6. The normalized spacial score (nSPS) is 11.2. The lowest BCUT2D eigenvalue weighted by Gasteiger charge is -2.12. The molecule has 4 aromatic rings. The molecule has 152 valence electrons. The Kier molecular flexibility index (Phi) is 5.67. The van der Waals surface area contributed by atoms with Crippen LogP contribution in [0.3, 0.4) is 0 Å². The number of pyridine rings is 1. The highest BCUT2D eigenvalue weighted by molar-refractivity contribution is 6.43. The second-order valence-corrected chi connectivity index (χ2v) is 7.87. The number of aromatic nitrogens is 5. The lowest BCUT2D eigenvalue weighted by molar-refractivity contribution is 0.402. The summed E-state index contributed by atoms with van der Waals surface area (Å²) in [6, 6.07) is 15.5. The summed E-state index contributed by atoms with van der Waals surface area (Å²) in [5.41, 5.74) is 10.5. The van der Waals surface area contributed by atoms with E-state index in [2.05, 4.69) is 37.5 Å². The molecule has 9 heteroatoms. The van der Waals surface area contributed by atoms with Crippen LogP contribution >= 0.6 is 23.2 Å². The minimum atomic E-state index is 0.317. The molecule has 7 nitrogen and oxygen atoms in total. The molecule has 30 heavy (non-hydrogen) atoms. The minimum absolute atomic E-state index is 0.317. The molecule has 0 radical (unpaired) electrons. The van der Waals surface area contributed by atoms with Crippen LogP contribution in [0.25, 0.3) is 28.2 Å². The minimum Gasteiger partial charge on any atom is -0.383 e. The van der Waals surface area contributed by atoms with E-state index in [9.17, 15) is 0 Å². The van der Waals surface area contributed by atoms with E-state index < -0.39 is 0 Å². The lowest BCUT2D eigenvalue weighted by atomic mass is 10.0. The van der Waals surface area contributed by atoms with Crippen molar-refractivity contribution in [3.63, 3.8) is 0 Å². The number of hydrogen-bond acceptors (Lipinski definition) is 6. The largest absolute Gasteiger partial charge is 0.383 e. The molecule has 0 aliphatic carbocycles. The van der Waals surface area contributed by atoms with Gasteiger partial charge in [0.25, 0.3) is 0 Å². The van der Waals surface area contributed by atoms with Crippen LogP contribution in [0.1, 0.15) is 5.56 Å². The van der Waals surface area contributed by atoms with Crippen LogP contribution in [0, 0.1) is 0 Å². The monoisotopic (exact) mass is 439 g/mol. The Morgan fingerprint density at radius 1 is 1.03 bits per heavy atom. The Labute approximate surface area is 184 Å². The van der Waals surface area contributed by atoms with Gasteiger partial charge in [0, 0.05) is 18.3 Å². The molecule has 0 aliphatic heterocycles. The molecular formula is C21H19Cl2N7. The number of tetrazole rings is 1. The Morgan fingerprint density at radius 2 is 1.83 bits per heavy atom. The van der Waals surface area contributed by atoms with Gasteiger partial charge in [-0.05, 0) is 59.9 Å². The van der Waals surface area contributed by atoms with Crippen LogP contribution in [0.4, 0.5) is 5.82 Å². The molecule has 0 bridgehead atoms. The number of nitrogen functional groups attached to an aromatic ring is 1. The highest BCUT2D eigenvalue weighted by atomic mass is 35.5. The standard InChI is InChI=1S/C21H19Cl2N7/c1-29(2)12-13-5-3-6-14(9-13)15-10-16(20(24)25-11-15)21-26-27-28-30(21)18-8-4-7-17(22)19(18)23/h3-11H,12H2,1-2H3,(H2,24,25). The first-order chi connectivity index (χ1) is 14.4. The summed E-state index contributed by atoms with van der Waals surface area (Å²) in [5.74, 6) is 0.743. The van der Waals surface area contributed by atoms with E-state index in [0.717, 1.165) is 17.7 Å². The van der Waals surface area contributed by atoms with Crippen LogP contribution in [0.5, 0.6) is 0 Å². The molecule has 0 amide bonds. The first-order valence-electron chi connectivity index (χ1n) is 9.16. The van der Waals surface area contributed by atoms with Crippen LogP contribution in [0.2, 0.25) is 10.0 Å². The van der Waals surface area contributed by atoms with Crippen molar-refractivity contribution in [1.29, 1.82) is 0 Å². The zero-order valence-electron chi connectivity index (χ0n) is 16.4. The molecule has 0 saturated heterocycles. The maximum Gasteiger partial charge on any atom is 0.190 e. The highest BCUT2D eigenvalue weighted by Gasteiger charge is 2.18. The molecule has 0 saturated carbocycles. The maximum atomic E-state index is 6.37.